The van der Waals surface area contributed by atoms with E-state index < -0.39 is 5.60 Å². The van der Waals surface area contributed by atoms with Crippen molar-refractivity contribution in [2.75, 3.05) is 0 Å². The van der Waals surface area contributed by atoms with Gasteiger partial charge in [-0.05, 0) is 56.3 Å². The maximum Gasteiger partial charge on any atom is 0.302 e. The molecule has 142 valence electrons. The first kappa shape index (κ1) is 20.2. The summed E-state index contributed by atoms with van der Waals surface area (Å²) in [7, 11) is 0. The predicted octanol–water partition coefficient (Wildman–Crippen LogP) is 5.04. The standard InChI is InChI=1S/C22H36O3/c1-8-21(6,24)13-14-22(7)15(2)9-10-17-18(22)11-12-19(20(17,4)5)25-16(3)23/h8,10,15,18-19,24H,1,9,11-14H2,2-7H3/t15-,18+,19+,21?,22-/m1/s1. The van der Waals surface area contributed by atoms with Crippen molar-refractivity contribution >= 4 is 5.97 Å². The van der Waals surface area contributed by atoms with Gasteiger partial charge in [0.25, 0.3) is 0 Å². The first-order valence-corrected chi connectivity index (χ1v) is 9.68. The SMILES string of the molecule is C=CC(C)(O)CC[C@]1(C)[C@H](C)CC=C2[C@@H]1CC[C@H](OC(C)=O)C2(C)C. The number of hydrogen-bond donors (Lipinski definition) is 1. The predicted molar refractivity (Wildman–Crippen MR) is 102 cm³/mol. The number of aliphatic hydroxyl groups is 1. The number of ether oxygens (including phenoxy) is 1. The van der Waals surface area contributed by atoms with E-state index in [4.69, 9.17) is 4.74 Å². The number of hydrogen-bond acceptors (Lipinski definition) is 3. The highest BCUT2D eigenvalue weighted by Gasteiger charge is 2.52. The summed E-state index contributed by atoms with van der Waals surface area (Å²) in [5.74, 6) is 0.868. The lowest BCUT2D eigenvalue weighted by molar-refractivity contribution is -0.154. The van der Waals surface area contributed by atoms with Gasteiger partial charge in [-0.3, -0.25) is 4.79 Å². The molecule has 0 radical (unpaired) electrons. The third-order valence-electron chi connectivity index (χ3n) is 7.17. The second kappa shape index (κ2) is 6.90. The average Bonchev–Trinajstić information content (AvgIpc) is 2.51. The van der Waals surface area contributed by atoms with Gasteiger partial charge in [-0.2, -0.15) is 0 Å². The van der Waals surface area contributed by atoms with Crippen molar-refractivity contribution in [1.29, 1.82) is 0 Å². The third-order valence-corrected chi connectivity index (χ3v) is 7.17. The lowest BCUT2D eigenvalue weighted by Crippen LogP contribution is -2.49. The lowest BCUT2D eigenvalue weighted by atomic mass is 9.51. The Balaban J connectivity index is 2.28. The zero-order chi connectivity index (χ0) is 19.0. The van der Waals surface area contributed by atoms with Gasteiger partial charge in [-0.15, -0.1) is 6.58 Å². The number of allylic oxidation sites excluding steroid dienone is 1. The van der Waals surface area contributed by atoms with E-state index in [1.54, 1.807) is 6.08 Å². The van der Waals surface area contributed by atoms with Gasteiger partial charge in [-0.25, -0.2) is 0 Å². The second-order valence-corrected chi connectivity index (χ2v) is 9.31. The van der Waals surface area contributed by atoms with Crippen LogP contribution in [-0.4, -0.2) is 22.8 Å². The van der Waals surface area contributed by atoms with E-state index in [0.29, 0.717) is 11.8 Å². The van der Waals surface area contributed by atoms with Crippen molar-refractivity contribution in [2.24, 2.45) is 22.7 Å². The minimum Gasteiger partial charge on any atom is -0.462 e. The minimum atomic E-state index is -0.811. The van der Waals surface area contributed by atoms with E-state index >= 15 is 0 Å². The van der Waals surface area contributed by atoms with Gasteiger partial charge in [0, 0.05) is 12.3 Å². The van der Waals surface area contributed by atoms with E-state index in [1.165, 1.54) is 12.5 Å². The molecule has 1 unspecified atom stereocenters. The van der Waals surface area contributed by atoms with Crippen molar-refractivity contribution < 1.29 is 14.6 Å². The number of esters is 1. The van der Waals surface area contributed by atoms with Crippen LogP contribution < -0.4 is 0 Å². The highest BCUT2D eigenvalue weighted by atomic mass is 16.5. The van der Waals surface area contributed by atoms with Crippen molar-refractivity contribution in [3.63, 3.8) is 0 Å². The Hall–Kier alpha value is -1.09. The fourth-order valence-electron chi connectivity index (χ4n) is 4.93. The number of carbonyl (C=O) groups is 1. The molecular formula is C22H36O3. The fraction of sp³-hybridized carbons (Fsp3) is 0.773. The van der Waals surface area contributed by atoms with Crippen LogP contribution in [0, 0.1) is 22.7 Å². The van der Waals surface area contributed by atoms with Crippen LogP contribution in [0.15, 0.2) is 24.3 Å². The highest BCUT2D eigenvalue weighted by Crippen LogP contribution is 2.58. The van der Waals surface area contributed by atoms with Crippen LogP contribution >= 0.6 is 0 Å². The van der Waals surface area contributed by atoms with E-state index in [1.807, 2.05) is 6.92 Å². The molecule has 3 nitrogen and oxygen atoms in total. The molecule has 0 bridgehead atoms. The van der Waals surface area contributed by atoms with Crippen LogP contribution in [0.2, 0.25) is 0 Å². The van der Waals surface area contributed by atoms with E-state index in [-0.39, 0.29) is 22.9 Å². The normalized spacial score (nSPS) is 36.6. The molecule has 2 aliphatic rings. The van der Waals surface area contributed by atoms with E-state index in [2.05, 4.69) is 40.3 Å². The van der Waals surface area contributed by atoms with Gasteiger partial charge < -0.3 is 9.84 Å². The summed E-state index contributed by atoms with van der Waals surface area (Å²) >= 11 is 0. The molecule has 5 atom stereocenters. The largest absolute Gasteiger partial charge is 0.462 e. The molecule has 2 aliphatic carbocycles. The average molecular weight is 349 g/mol. The third kappa shape index (κ3) is 3.86. The molecular weight excluding hydrogens is 312 g/mol. The van der Waals surface area contributed by atoms with Crippen LogP contribution in [0.4, 0.5) is 0 Å². The molecule has 0 amide bonds. The molecule has 1 fully saturated rings. The smallest absolute Gasteiger partial charge is 0.302 e. The summed E-state index contributed by atoms with van der Waals surface area (Å²) in [5, 5.41) is 10.4. The highest BCUT2D eigenvalue weighted by molar-refractivity contribution is 5.66. The van der Waals surface area contributed by atoms with Crippen molar-refractivity contribution in [1.82, 2.24) is 0 Å². The Morgan fingerprint density at radius 3 is 2.64 bits per heavy atom. The number of fused-ring (bicyclic) bond motifs is 1. The van der Waals surface area contributed by atoms with E-state index in [9.17, 15) is 9.90 Å². The van der Waals surface area contributed by atoms with Crippen molar-refractivity contribution in [3.8, 4) is 0 Å². The fourth-order valence-corrected chi connectivity index (χ4v) is 4.93. The van der Waals surface area contributed by atoms with Crippen LogP contribution in [0.5, 0.6) is 0 Å². The van der Waals surface area contributed by atoms with Crippen molar-refractivity contribution in [3.05, 3.63) is 24.3 Å². The summed E-state index contributed by atoms with van der Waals surface area (Å²) < 4.78 is 5.65. The molecule has 0 aromatic rings. The van der Waals surface area contributed by atoms with Crippen LogP contribution in [-0.2, 0) is 9.53 Å². The van der Waals surface area contributed by atoms with Crippen LogP contribution in [0.1, 0.15) is 73.6 Å². The molecule has 0 spiro atoms. The quantitative estimate of drug-likeness (QED) is 0.559. The number of rotatable bonds is 5. The maximum absolute atomic E-state index is 11.5. The van der Waals surface area contributed by atoms with Crippen LogP contribution in [0.25, 0.3) is 0 Å². The second-order valence-electron chi connectivity index (χ2n) is 9.31. The molecule has 2 rings (SSSR count). The summed E-state index contributed by atoms with van der Waals surface area (Å²) in [6.07, 6.45) is 8.73. The first-order chi connectivity index (χ1) is 11.4. The molecule has 0 aromatic heterocycles. The molecule has 0 aliphatic heterocycles. The molecule has 25 heavy (non-hydrogen) atoms. The van der Waals surface area contributed by atoms with Gasteiger partial charge in [0.1, 0.15) is 6.10 Å². The van der Waals surface area contributed by atoms with E-state index in [0.717, 1.165) is 32.1 Å². The molecule has 0 saturated heterocycles. The molecule has 0 heterocycles. The zero-order valence-electron chi connectivity index (χ0n) is 16.9. The molecule has 1 saturated carbocycles. The van der Waals surface area contributed by atoms with Gasteiger partial charge in [0.05, 0.1) is 5.60 Å². The van der Waals surface area contributed by atoms with Crippen LogP contribution in [0.3, 0.4) is 0 Å². The Morgan fingerprint density at radius 2 is 2.08 bits per heavy atom. The lowest BCUT2D eigenvalue weighted by Gasteiger charge is -2.55. The molecule has 3 heteroatoms. The molecule has 0 aromatic carbocycles. The Morgan fingerprint density at radius 1 is 1.44 bits per heavy atom. The number of carbonyl (C=O) groups excluding carboxylic acids is 1. The Kier molecular flexibility index (Phi) is 5.59. The maximum atomic E-state index is 11.5. The topological polar surface area (TPSA) is 46.5 Å². The van der Waals surface area contributed by atoms with Gasteiger partial charge in [0.15, 0.2) is 0 Å². The van der Waals surface area contributed by atoms with Gasteiger partial charge in [0.2, 0.25) is 0 Å². The Labute approximate surface area is 153 Å². The zero-order valence-corrected chi connectivity index (χ0v) is 16.9. The summed E-state index contributed by atoms with van der Waals surface area (Å²) in [4.78, 5) is 11.5. The van der Waals surface area contributed by atoms with Gasteiger partial charge in [-0.1, -0.05) is 45.4 Å². The van der Waals surface area contributed by atoms with Gasteiger partial charge >= 0.3 is 5.97 Å². The monoisotopic (exact) mass is 348 g/mol. The summed E-state index contributed by atoms with van der Waals surface area (Å²) in [6, 6.07) is 0. The minimum absolute atomic E-state index is 0.0403. The van der Waals surface area contributed by atoms with Crippen molar-refractivity contribution in [2.45, 2.75) is 85.4 Å². The summed E-state index contributed by atoms with van der Waals surface area (Å²) in [6.45, 7) is 16.3. The molecule has 1 N–H and O–H groups in total. The Bertz CT molecular complexity index is 558. The first-order valence-electron chi connectivity index (χ1n) is 9.68. The summed E-state index contributed by atoms with van der Waals surface area (Å²) in [5.41, 5.74) is 0.657.